The second-order valence-electron chi connectivity index (χ2n) is 4.11. The average molecular weight is 339 g/mol. The lowest BCUT2D eigenvalue weighted by Gasteiger charge is -2.19. The molecule has 98 valence electrons. The largest absolute Gasteiger partial charge is 0.295 e. The Bertz CT molecular complexity index is 593. The van der Waals surface area contributed by atoms with E-state index in [2.05, 4.69) is 26.3 Å². The van der Waals surface area contributed by atoms with Gasteiger partial charge in [0.05, 0.1) is 29.2 Å². The quantitative estimate of drug-likeness (QED) is 0.589. The molecule has 0 saturated heterocycles. The molecule has 3 rings (SSSR count). The van der Waals surface area contributed by atoms with Crippen molar-refractivity contribution in [2.24, 2.45) is 0 Å². The van der Waals surface area contributed by atoms with E-state index in [0.29, 0.717) is 5.69 Å². The summed E-state index contributed by atoms with van der Waals surface area (Å²) >= 11 is 4.98. The van der Waals surface area contributed by atoms with Crippen LogP contribution in [-0.2, 0) is 0 Å². The third-order valence-corrected chi connectivity index (χ3v) is 4.40. The molecule has 5 heteroatoms. The van der Waals surface area contributed by atoms with Crippen molar-refractivity contribution < 1.29 is 4.39 Å². The van der Waals surface area contributed by atoms with Gasteiger partial charge in [0.25, 0.3) is 0 Å². The van der Waals surface area contributed by atoms with Crippen LogP contribution < -0.4 is 8.61 Å². The van der Waals surface area contributed by atoms with Crippen molar-refractivity contribution in [1.29, 1.82) is 0 Å². The first-order valence-corrected chi connectivity index (χ1v) is 7.81. The zero-order valence-electron chi connectivity index (χ0n) is 10.1. The first-order chi connectivity index (χ1) is 9.31. The maximum absolute atomic E-state index is 14.0. The molecule has 2 nitrogen and oxygen atoms in total. The van der Waals surface area contributed by atoms with Gasteiger partial charge in [-0.3, -0.25) is 8.61 Å². The van der Waals surface area contributed by atoms with E-state index in [9.17, 15) is 4.39 Å². The first kappa shape index (κ1) is 12.8. The predicted octanol–water partition coefficient (Wildman–Crippen LogP) is 4.74. The van der Waals surface area contributed by atoms with E-state index in [1.54, 1.807) is 12.1 Å². The summed E-state index contributed by atoms with van der Waals surface area (Å²) in [6.45, 7) is 0.868. The maximum Gasteiger partial charge on any atom is 0.147 e. The van der Waals surface area contributed by atoms with Crippen LogP contribution in [0.2, 0.25) is 0 Å². The Kier molecular flexibility index (Phi) is 3.66. The molecule has 1 aliphatic heterocycles. The Morgan fingerprint density at radius 1 is 0.947 bits per heavy atom. The summed E-state index contributed by atoms with van der Waals surface area (Å²) in [7, 11) is 0. The SMILES string of the molecule is Fc1ccccc1N1SN(CCBr)c2ccccc21. The van der Waals surface area contributed by atoms with Crippen LogP contribution in [0.5, 0.6) is 0 Å². The molecule has 2 aromatic carbocycles. The predicted molar refractivity (Wildman–Crippen MR) is 83.7 cm³/mol. The molecule has 0 radical (unpaired) electrons. The van der Waals surface area contributed by atoms with E-state index in [1.807, 2.05) is 28.6 Å². The van der Waals surface area contributed by atoms with Crippen LogP contribution in [0.1, 0.15) is 0 Å². The molecule has 0 unspecified atom stereocenters. The summed E-state index contributed by atoms with van der Waals surface area (Å²) in [5.74, 6) is -0.203. The maximum atomic E-state index is 14.0. The molecule has 1 heterocycles. The third kappa shape index (κ3) is 2.32. The van der Waals surface area contributed by atoms with Gasteiger partial charge in [0.15, 0.2) is 0 Å². The van der Waals surface area contributed by atoms with Crippen LogP contribution in [0, 0.1) is 5.82 Å². The van der Waals surface area contributed by atoms with Gasteiger partial charge in [-0.15, -0.1) is 0 Å². The standard InChI is InChI=1S/C14H12BrFN2S/c15-9-10-17-13-7-3-4-8-14(13)18(19-17)12-6-2-1-5-11(12)16/h1-8H,9-10H2. The van der Waals surface area contributed by atoms with E-state index in [0.717, 1.165) is 23.2 Å². The number of benzene rings is 2. The fourth-order valence-electron chi connectivity index (χ4n) is 2.06. The molecule has 0 bridgehead atoms. The molecule has 0 fully saturated rings. The molecule has 2 aromatic rings. The molecular formula is C14H12BrFN2S. The zero-order chi connectivity index (χ0) is 13.2. The topological polar surface area (TPSA) is 6.48 Å². The van der Waals surface area contributed by atoms with Crippen molar-refractivity contribution in [3.05, 3.63) is 54.3 Å². The summed E-state index contributed by atoms with van der Waals surface area (Å²) in [5.41, 5.74) is 2.74. The third-order valence-electron chi connectivity index (χ3n) is 2.91. The van der Waals surface area contributed by atoms with Gasteiger partial charge in [-0.05, 0) is 24.3 Å². The Balaban J connectivity index is 2.03. The Morgan fingerprint density at radius 2 is 1.58 bits per heavy atom. The molecule has 1 aliphatic rings. The van der Waals surface area contributed by atoms with E-state index >= 15 is 0 Å². The molecule has 0 aromatic heterocycles. The van der Waals surface area contributed by atoms with Crippen LogP contribution in [0.4, 0.5) is 21.5 Å². The van der Waals surface area contributed by atoms with Crippen LogP contribution in [0.25, 0.3) is 0 Å². The van der Waals surface area contributed by atoms with Crippen LogP contribution in [-0.4, -0.2) is 11.9 Å². The highest BCUT2D eigenvalue weighted by atomic mass is 79.9. The summed E-state index contributed by atoms with van der Waals surface area (Å²) < 4.78 is 18.1. The lowest BCUT2D eigenvalue weighted by molar-refractivity contribution is 0.630. The van der Waals surface area contributed by atoms with Crippen molar-refractivity contribution in [2.75, 3.05) is 20.5 Å². The van der Waals surface area contributed by atoms with Crippen molar-refractivity contribution in [2.45, 2.75) is 0 Å². The van der Waals surface area contributed by atoms with Crippen molar-refractivity contribution >= 4 is 45.1 Å². The number of para-hydroxylation sites is 3. The number of rotatable bonds is 3. The fourth-order valence-corrected chi connectivity index (χ4v) is 3.74. The highest BCUT2D eigenvalue weighted by Gasteiger charge is 2.29. The smallest absolute Gasteiger partial charge is 0.147 e. The van der Waals surface area contributed by atoms with Gasteiger partial charge < -0.3 is 0 Å². The van der Waals surface area contributed by atoms with Gasteiger partial charge in [-0.1, -0.05) is 40.2 Å². The minimum Gasteiger partial charge on any atom is -0.295 e. The van der Waals surface area contributed by atoms with E-state index in [1.165, 1.54) is 18.2 Å². The summed E-state index contributed by atoms with van der Waals surface area (Å²) in [4.78, 5) is 0. The van der Waals surface area contributed by atoms with Gasteiger partial charge in [-0.25, -0.2) is 4.39 Å². The zero-order valence-corrected chi connectivity index (χ0v) is 12.5. The molecule has 0 saturated carbocycles. The van der Waals surface area contributed by atoms with E-state index in [-0.39, 0.29) is 5.82 Å². The summed E-state index contributed by atoms with van der Waals surface area (Å²) in [6, 6.07) is 14.9. The second kappa shape index (κ2) is 5.43. The average Bonchev–Trinajstić information content (AvgIpc) is 2.79. The van der Waals surface area contributed by atoms with Gasteiger partial charge in [0.2, 0.25) is 0 Å². The van der Waals surface area contributed by atoms with Crippen LogP contribution in [0.3, 0.4) is 0 Å². The Hall–Kier alpha value is -1.20. The number of nitrogens with zero attached hydrogens (tertiary/aromatic N) is 2. The lowest BCUT2D eigenvalue weighted by Crippen LogP contribution is -2.16. The van der Waals surface area contributed by atoms with Crippen molar-refractivity contribution in [3.63, 3.8) is 0 Å². The summed E-state index contributed by atoms with van der Waals surface area (Å²) in [6.07, 6.45) is 0. The number of anilines is 3. The summed E-state index contributed by atoms with van der Waals surface area (Å²) in [5, 5.41) is 0.874. The Morgan fingerprint density at radius 3 is 2.26 bits per heavy atom. The van der Waals surface area contributed by atoms with Crippen molar-refractivity contribution in [1.82, 2.24) is 0 Å². The Labute approximate surface area is 124 Å². The number of fused-ring (bicyclic) bond motifs is 1. The minimum absolute atomic E-state index is 0.203. The highest BCUT2D eigenvalue weighted by molar-refractivity contribution is 9.09. The number of hydrogen-bond donors (Lipinski definition) is 0. The molecule has 0 N–H and O–H groups in total. The number of alkyl halides is 1. The minimum atomic E-state index is -0.203. The number of halogens is 2. The van der Waals surface area contributed by atoms with E-state index < -0.39 is 0 Å². The molecule has 0 aliphatic carbocycles. The first-order valence-electron chi connectivity index (χ1n) is 5.96. The fraction of sp³-hybridized carbons (Fsp3) is 0.143. The molecule has 19 heavy (non-hydrogen) atoms. The van der Waals surface area contributed by atoms with E-state index in [4.69, 9.17) is 0 Å². The van der Waals surface area contributed by atoms with Crippen LogP contribution >= 0.6 is 28.1 Å². The molecular weight excluding hydrogens is 327 g/mol. The molecule has 0 spiro atoms. The van der Waals surface area contributed by atoms with Crippen molar-refractivity contribution in [3.8, 4) is 0 Å². The number of hydrogen-bond acceptors (Lipinski definition) is 3. The second-order valence-corrected chi connectivity index (χ2v) is 5.87. The highest BCUT2D eigenvalue weighted by Crippen LogP contribution is 2.49. The van der Waals surface area contributed by atoms with Gasteiger partial charge in [-0.2, -0.15) is 0 Å². The van der Waals surface area contributed by atoms with Gasteiger partial charge in [0, 0.05) is 11.9 Å². The monoisotopic (exact) mass is 338 g/mol. The molecule has 0 atom stereocenters. The van der Waals surface area contributed by atoms with Gasteiger partial charge in [0.1, 0.15) is 5.82 Å². The lowest BCUT2D eigenvalue weighted by atomic mass is 10.2. The van der Waals surface area contributed by atoms with Gasteiger partial charge >= 0.3 is 0 Å². The normalized spacial score (nSPS) is 13.8. The molecule has 0 amide bonds. The van der Waals surface area contributed by atoms with Crippen LogP contribution in [0.15, 0.2) is 48.5 Å².